The van der Waals surface area contributed by atoms with Gasteiger partial charge in [-0.2, -0.15) is 0 Å². The number of benzene rings is 2. The van der Waals surface area contributed by atoms with E-state index in [1.54, 1.807) is 12.1 Å². The van der Waals surface area contributed by atoms with Gasteiger partial charge in [-0.1, -0.05) is 60.5 Å². The number of halogens is 1. The Kier molecular flexibility index (Phi) is 4.80. The minimum absolute atomic E-state index is 0.000581. The Morgan fingerprint density at radius 3 is 2.40 bits per heavy atom. The van der Waals surface area contributed by atoms with Gasteiger partial charge >= 0.3 is 0 Å². The van der Waals surface area contributed by atoms with Gasteiger partial charge in [-0.15, -0.1) is 0 Å². The summed E-state index contributed by atoms with van der Waals surface area (Å²) in [7, 11) is 0. The minimum atomic E-state index is -0.136. The highest BCUT2D eigenvalue weighted by Gasteiger charge is 2.15. The molecular formula is C17H18ClNO. The second-order valence-electron chi connectivity index (χ2n) is 4.82. The second kappa shape index (κ2) is 6.58. The van der Waals surface area contributed by atoms with Crippen molar-refractivity contribution >= 4 is 17.5 Å². The predicted octanol–water partition coefficient (Wildman–Crippen LogP) is 4.53. The summed E-state index contributed by atoms with van der Waals surface area (Å²) in [6.07, 6.45) is 0.833. The lowest BCUT2D eigenvalue weighted by Crippen LogP contribution is -2.28. The molecule has 0 aliphatic rings. The molecule has 2 rings (SSSR count). The van der Waals surface area contributed by atoms with Crippen molar-refractivity contribution in [1.29, 1.82) is 0 Å². The lowest BCUT2D eigenvalue weighted by Gasteiger charge is -2.18. The van der Waals surface area contributed by atoms with Crippen LogP contribution in [0.1, 0.15) is 40.9 Å². The van der Waals surface area contributed by atoms with Crippen molar-refractivity contribution in [3.63, 3.8) is 0 Å². The van der Waals surface area contributed by atoms with Crippen molar-refractivity contribution in [3.05, 3.63) is 70.2 Å². The van der Waals surface area contributed by atoms with Crippen LogP contribution < -0.4 is 5.32 Å². The van der Waals surface area contributed by atoms with Crippen molar-refractivity contribution in [1.82, 2.24) is 5.32 Å². The van der Waals surface area contributed by atoms with Crippen LogP contribution in [0.25, 0.3) is 0 Å². The van der Waals surface area contributed by atoms with Crippen molar-refractivity contribution in [3.8, 4) is 0 Å². The summed E-state index contributed by atoms with van der Waals surface area (Å²) in [6.45, 7) is 4.10. The van der Waals surface area contributed by atoms with Crippen molar-refractivity contribution in [2.24, 2.45) is 0 Å². The summed E-state index contributed by atoms with van der Waals surface area (Å²) in [5, 5.41) is 3.51. The smallest absolute Gasteiger partial charge is 0.253 e. The molecule has 1 amide bonds. The van der Waals surface area contributed by atoms with Crippen LogP contribution in [0, 0.1) is 6.92 Å². The highest BCUT2D eigenvalue weighted by Crippen LogP contribution is 2.20. The zero-order chi connectivity index (χ0) is 14.5. The largest absolute Gasteiger partial charge is 0.345 e. The molecule has 104 valence electrons. The lowest BCUT2D eigenvalue weighted by molar-refractivity contribution is 0.0935. The molecule has 0 bridgehead atoms. The first kappa shape index (κ1) is 14.6. The van der Waals surface area contributed by atoms with Crippen molar-refractivity contribution < 1.29 is 4.79 Å². The van der Waals surface area contributed by atoms with E-state index in [-0.39, 0.29) is 11.9 Å². The van der Waals surface area contributed by atoms with Gasteiger partial charge in [0, 0.05) is 0 Å². The van der Waals surface area contributed by atoms with E-state index in [1.165, 1.54) is 5.56 Å². The number of aryl methyl sites for hydroxylation is 1. The van der Waals surface area contributed by atoms with Crippen LogP contribution in [0.5, 0.6) is 0 Å². The lowest BCUT2D eigenvalue weighted by atomic mass is 10.0. The van der Waals surface area contributed by atoms with E-state index < -0.39 is 0 Å². The number of carbonyl (C=O) groups excluding carboxylic acids is 1. The van der Waals surface area contributed by atoms with Crippen LogP contribution in [-0.4, -0.2) is 5.91 Å². The van der Waals surface area contributed by atoms with Gasteiger partial charge in [0.25, 0.3) is 5.91 Å². The molecule has 0 aliphatic heterocycles. The summed E-state index contributed by atoms with van der Waals surface area (Å²) >= 11 is 6.05. The van der Waals surface area contributed by atoms with Gasteiger partial charge in [0.1, 0.15) is 0 Å². The van der Waals surface area contributed by atoms with Crippen LogP contribution in [0.2, 0.25) is 5.02 Å². The van der Waals surface area contributed by atoms with E-state index in [9.17, 15) is 4.79 Å². The summed E-state index contributed by atoms with van der Waals surface area (Å²) in [6, 6.07) is 15.3. The first-order valence-electron chi connectivity index (χ1n) is 6.73. The van der Waals surface area contributed by atoms with Gasteiger partial charge in [0.15, 0.2) is 0 Å². The van der Waals surface area contributed by atoms with Crippen molar-refractivity contribution in [2.45, 2.75) is 26.3 Å². The average Bonchev–Trinajstić information content (AvgIpc) is 2.46. The molecule has 3 heteroatoms. The Bertz CT molecular complexity index is 592. The van der Waals surface area contributed by atoms with Crippen molar-refractivity contribution in [2.75, 3.05) is 0 Å². The molecule has 0 saturated carbocycles. The highest BCUT2D eigenvalue weighted by molar-refractivity contribution is 6.33. The summed E-state index contributed by atoms with van der Waals surface area (Å²) in [5.74, 6) is -0.136. The Labute approximate surface area is 124 Å². The fourth-order valence-corrected chi connectivity index (χ4v) is 2.32. The Morgan fingerprint density at radius 1 is 1.15 bits per heavy atom. The van der Waals surface area contributed by atoms with E-state index in [0.29, 0.717) is 10.6 Å². The van der Waals surface area contributed by atoms with Crippen LogP contribution >= 0.6 is 11.6 Å². The van der Waals surface area contributed by atoms with E-state index >= 15 is 0 Å². The molecule has 0 aliphatic carbocycles. The predicted molar refractivity (Wildman–Crippen MR) is 83.1 cm³/mol. The molecule has 0 aromatic heterocycles. The molecule has 0 spiro atoms. The van der Waals surface area contributed by atoms with Gasteiger partial charge in [0.2, 0.25) is 0 Å². The van der Waals surface area contributed by atoms with Crippen LogP contribution in [0.15, 0.2) is 48.5 Å². The van der Waals surface area contributed by atoms with Gasteiger partial charge in [-0.05, 0) is 31.0 Å². The van der Waals surface area contributed by atoms with E-state index in [2.05, 4.69) is 36.5 Å². The third-order valence-electron chi connectivity index (χ3n) is 3.31. The average molecular weight is 288 g/mol. The monoisotopic (exact) mass is 287 g/mol. The fourth-order valence-electron chi connectivity index (χ4n) is 2.10. The Balaban J connectivity index is 2.16. The molecule has 0 fully saturated rings. The number of hydrogen-bond donors (Lipinski definition) is 1. The zero-order valence-electron chi connectivity index (χ0n) is 11.7. The molecule has 20 heavy (non-hydrogen) atoms. The summed E-state index contributed by atoms with van der Waals surface area (Å²) in [4.78, 5) is 12.3. The van der Waals surface area contributed by atoms with E-state index in [4.69, 9.17) is 11.6 Å². The van der Waals surface area contributed by atoms with Crippen LogP contribution in [0.3, 0.4) is 0 Å². The molecule has 0 unspecified atom stereocenters. The number of rotatable bonds is 4. The molecule has 0 saturated heterocycles. The normalized spacial score (nSPS) is 11.9. The SMILES string of the molecule is CC[C@@H](NC(=O)c1ccccc1Cl)c1ccc(C)cc1. The standard InChI is InChI=1S/C17H18ClNO/c1-3-16(13-10-8-12(2)9-11-13)19-17(20)14-6-4-5-7-15(14)18/h4-11,16H,3H2,1-2H3,(H,19,20)/t16-/m1/s1. The molecule has 2 aromatic carbocycles. The molecule has 1 N–H and O–H groups in total. The summed E-state index contributed by atoms with van der Waals surface area (Å²) in [5.41, 5.74) is 2.83. The maximum absolute atomic E-state index is 12.3. The molecule has 1 atom stereocenters. The van der Waals surface area contributed by atoms with Gasteiger partial charge in [-0.25, -0.2) is 0 Å². The Hall–Kier alpha value is -1.80. The van der Waals surface area contributed by atoms with E-state index in [1.807, 2.05) is 19.1 Å². The summed E-state index contributed by atoms with van der Waals surface area (Å²) < 4.78 is 0. The third-order valence-corrected chi connectivity index (χ3v) is 3.64. The minimum Gasteiger partial charge on any atom is -0.345 e. The van der Waals surface area contributed by atoms with E-state index in [0.717, 1.165) is 12.0 Å². The molecule has 0 heterocycles. The number of hydrogen-bond acceptors (Lipinski definition) is 1. The van der Waals surface area contributed by atoms with Gasteiger partial charge in [0.05, 0.1) is 16.6 Å². The Morgan fingerprint density at radius 2 is 1.80 bits per heavy atom. The topological polar surface area (TPSA) is 29.1 Å². The number of carbonyl (C=O) groups is 1. The third kappa shape index (κ3) is 3.40. The molecule has 2 aromatic rings. The quantitative estimate of drug-likeness (QED) is 0.879. The first-order valence-corrected chi connectivity index (χ1v) is 7.11. The zero-order valence-corrected chi connectivity index (χ0v) is 12.4. The maximum atomic E-state index is 12.3. The maximum Gasteiger partial charge on any atom is 0.253 e. The number of nitrogens with one attached hydrogen (secondary N) is 1. The van der Waals surface area contributed by atoms with Crippen LogP contribution in [-0.2, 0) is 0 Å². The van der Waals surface area contributed by atoms with Gasteiger partial charge in [-0.3, -0.25) is 4.79 Å². The van der Waals surface area contributed by atoms with Crippen LogP contribution in [0.4, 0.5) is 0 Å². The molecule has 0 radical (unpaired) electrons. The molecule has 2 nitrogen and oxygen atoms in total. The molecular weight excluding hydrogens is 270 g/mol. The fraction of sp³-hybridized carbons (Fsp3) is 0.235. The number of amides is 1. The first-order chi connectivity index (χ1) is 9.61. The second-order valence-corrected chi connectivity index (χ2v) is 5.23. The highest BCUT2D eigenvalue weighted by atomic mass is 35.5. The van der Waals surface area contributed by atoms with Gasteiger partial charge < -0.3 is 5.32 Å².